The minimum atomic E-state index is 0.207. The Balaban J connectivity index is 1.59. The zero-order valence-electron chi connectivity index (χ0n) is 12.3. The fourth-order valence-corrected chi connectivity index (χ4v) is 2.91. The van der Waals surface area contributed by atoms with Crippen LogP contribution >= 0.6 is 11.6 Å². The van der Waals surface area contributed by atoms with Gasteiger partial charge in [-0.05, 0) is 30.0 Å². The van der Waals surface area contributed by atoms with Crippen LogP contribution in [0.4, 0.5) is 5.69 Å². The molecule has 0 aliphatic carbocycles. The van der Waals surface area contributed by atoms with E-state index in [0.29, 0.717) is 5.02 Å². The quantitative estimate of drug-likeness (QED) is 0.932. The van der Waals surface area contributed by atoms with E-state index in [1.165, 1.54) is 5.56 Å². The molecule has 114 valence electrons. The minimum Gasteiger partial charge on any atom is -0.508 e. The number of aromatic hydroxyl groups is 1. The highest BCUT2D eigenvalue weighted by Gasteiger charge is 2.17. The van der Waals surface area contributed by atoms with Crippen molar-refractivity contribution in [1.82, 2.24) is 4.90 Å². The van der Waals surface area contributed by atoms with Crippen molar-refractivity contribution in [2.24, 2.45) is 0 Å². The smallest absolute Gasteiger partial charge is 0.117 e. The largest absolute Gasteiger partial charge is 0.508 e. The molecule has 1 N–H and O–H groups in total. The Morgan fingerprint density at radius 1 is 0.955 bits per heavy atom. The predicted molar refractivity (Wildman–Crippen MR) is 92.4 cm³/mol. The number of halogens is 1. The monoisotopic (exact) mass is 314 g/mol. The Morgan fingerprint density at radius 3 is 2.36 bits per heavy atom. The first kappa shape index (κ1) is 14.8. The maximum Gasteiger partial charge on any atom is 0.117 e. The molecule has 0 radical (unpaired) electrons. The molecule has 1 saturated heterocycles. The fourth-order valence-electron chi connectivity index (χ4n) is 2.62. The lowest BCUT2D eigenvalue weighted by Crippen LogP contribution is -2.44. The summed E-state index contributed by atoms with van der Waals surface area (Å²) in [5, 5.41) is 10.0. The molecule has 1 aliphatic heterocycles. The van der Waals surface area contributed by atoms with Crippen molar-refractivity contribution < 1.29 is 5.11 Å². The molecule has 1 heterocycles. The number of phenols is 1. The van der Waals surface area contributed by atoms with Gasteiger partial charge in [0.25, 0.3) is 0 Å². The molecular weight excluding hydrogens is 296 g/mol. The van der Waals surface area contributed by atoms with E-state index in [4.69, 9.17) is 11.6 Å². The van der Waals surface area contributed by atoms with Gasteiger partial charge in [-0.2, -0.15) is 0 Å². The minimum absolute atomic E-state index is 0.207. The summed E-state index contributed by atoms with van der Waals surface area (Å²) in [6.45, 7) is 3.76. The number of rotatable bonds is 3. The van der Waals surface area contributed by atoms with E-state index in [2.05, 4.69) is 34.2 Å². The average Bonchev–Trinajstić information content (AvgIpc) is 2.55. The van der Waals surface area contributed by atoms with E-state index in [-0.39, 0.29) is 5.75 Å². The van der Waals surface area contributed by atoms with Crippen LogP contribution in [0.2, 0.25) is 5.02 Å². The number of nitrogens with zero attached hydrogens (tertiary/aromatic N) is 2. The van der Waals surface area contributed by atoms with Gasteiger partial charge in [0.2, 0.25) is 0 Å². The van der Waals surface area contributed by atoms with Crippen molar-refractivity contribution in [3.8, 4) is 5.75 Å². The third-order valence-corrected chi connectivity index (χ3v) is 4.17. The topological polar surface area (TPSA) is 26.7 Å². The maximum atomic E-state index is 9.44. The highest BCUT2D eigenvalue weighted by molar-refractivity contribution is 6.33. The van der Waals surface area contributed by atoms with Gasteiger partial charge in [0.15, 0.2) is 0 Å². The highest BCUT2D eigenvalue weighted by atomic mass is 35.5. The summed E-state index contributed by atoms with van der Waals surface area (Å²) in [5.41, 5.74) is 2.21. The van der Waals surface area contributed by atoms with E-state index in [0.717, 1.165) is 31.9 Å². The van der Waals surface area contributed by atoms with E-state index in [9.17, 15) is 5.11 Å². The molecule has 2 aromatic carbocycles. The summed E-state index contributed by atoms with van der Waals surface area (Å²) in [6.07, 6.45) is 4.30. The van der Waals surface area contributed by atoms with Crippen molar-refractivity contribution in [2.75, 3.05) is 31.1 Å². The summed E-state index contributed by atoms with van der Waals surface area (Å²) >= 11 is 6.21. The Kier molecular flexibility index (Phi) is 4.54. The van der Waals surface area contributed by atoms with Gasteiger partial charge in [0.1, 0.15) is 5.75 Å². The van der Waals surface area contributed by atoms with Gasteiger partial charge >= 0.3 is 0 Å². The Labute approximate surface area is 136 Å². The van der Waals surface area contributed by atoms with Gasteiger partial charge in [-0.25, -0.2) is 0 Å². The molecule has 22 heavy (non-hydrogen) atoms. The number of anilines is 1. The van der Waals surface area contributed by atoms with E-state index in [1.54, 1.807) is 12.1 Å². The van der Waals surface area contributed by atoms with Gasteiger partial charge in [0.05, 0.1) is 10.7 Å². The average molecular weight is 315 g/mol. The third kappa shape index (κ3) is 3.55. The van der Waals surface area contributed by atoms with Crippen molar-refractivity contribution in [2.45, 2.75) is 0 Å². The number of benzene rings is 2. The SMILES string of the molecule is Oc1ccc(N2CCN(C=Cc3ccccc3)CC2)c(Cl)c1. The Bertz CT molecular complexity index is 649. The number of phenolic OH excluding ortho intramolecular Hbond substituents is 1. The molecule has 4 heteroatoms. The van der Waals surface area contributed by atoms with Crippen LogP contribution in [0.1, 0.15) is 5.56 Å². The van der Waals surface area contributed by atoms with Gasteiger partial charge < -0.3 is 14.9 Å². The standard InChI is InChI=1S/C18H19ClN2O/c19-17-14-16(22)6-7-18(17)21-12-10-20(11-13-21)9-8-15-4-2-1-3-5-15/h1-9,14,22H,10-13H2. The zero-order valence-corrected chi connectivity index (χ0v) is 13.1. The molecule has 2 aromatic rings. The normalized spacial score (nSPS) is 15.5. The first-order valence-corrected chi connectivity index (χ1v) is 7.81. The summed E-state index contributed by atoms with van der Waals surface area (Å²) in [4.78, 5) is 4.58. The lowest BCUT2D eigenvalue weighted by Gasteiger charge is -2.36. The second-order valence-electron chi connectivity index (χ2n) is 5.39. The van der Waals surface area contributed by atoms with Crippen molar-refractivity contribution in [3.05, 3.63) is 65.3 Å². The highest BCUT2D eigenvalue weighted by Crippen LogP contribution is 2.29. The maximum absolute atomic E-state index is 9.44. The molecule has 0 aromatic heterocycles. The predicted octanol–water partition coefficient (Wildman–Crippen LogP) is 3.84. The van der Waals surface area contributed by atoms with Crippen LogP contribution in [0, 0.1) is 0 Å². The number of hydrogen-bond donors (Lipinski definition) is 1. The second-order valence-corrected chi connectivity index (χ2v) is 5.79. The van der Waals surface area contributed by atoms with E-state index < -0.39 is 0 Å². The molecular formula is C18H19ClN2O. The second kappa shape index (κ2) is 6.75. The molecule has 1 aliphatic rings. The molecule has 3 rings (SSSR count). The third-order valence-electron chi connectivity index (χ3n) is 3.86. The van der Waals surface area contributed by atoms with E-state index in [1.807, 2.05) is 24.3 Å². The van der Waals surface area contributed by atoms with Crippen LogP contribution < -0.4 is 4.90 Å². The number of hydrogen-bond acceptors (Lipinski definition) is 3. The lowest BCUT2D eigenvalue weighted by atomic mass is 10.2. The van der Waals surface area contributed by atoms with Crippen LogP contribution in [0.25, 0.3) is 6.08 Å². The summed E-state index contributed by atoms with van der Waals surface area (Å²) in [6, 6.07) is 15.5. The van der Waals surface area contributed by atoms with Gasteiger partial charge in [-0.3, -0.25) is 0 Å². The summed E-state index contributed by atoms with van der Waals surface area (Å²) in [7, 11) is 0. The van der Waals surface area contributed by atoms with Crippen LogP contribution in [0.3, 0.4) is 0 Å². The first-order valence-electron chi connectivity index (χ1n) is 7.43. The van der Waals surface area contributed by atoms with Gasteiger partial charge in [0, 0.05) is 32.2 Å². The summed E-state index contributed by atoms with van der Waals surface area (Å²) in [5.74, 6) is 0.207. The molecule has 0 bridgehead atoms. The van der Waals surface area contributed by atoms with Crippen molar-refractivity contribution in [3.63, 3.8) is 0 Å². The van der Waals surface area contributed by atoms with Crippen LogP contribution in [-0.2, 0) is 0 Å². The Hall–Kier alpha value is -2.13. The molecule has 0 amide bonds. The molecule has 0 atom stereocenters. The van der Waals surface area contributed by atoms with Crippen LogP contribution in [0.15, 0.2) is 54.7 Å². The van der Waals surface area contributed by atoms with E-state index >= 15 is 0 Å². The van der Waals surface area contributed by atoms with Crippen LogP contribution in [0.5, 0.6) is 5.75 Å². The molecule has 0 unspecified atom stereocenters. The first-order chi connectivity index (χ1) is 10.7. The fraction of sp³-hybridized carbons (Fsp3) is 0.222. The molecule has 0 saturated carbocycles. The Morgan fingerprint density at radius 2 is 1.68 bits per heavy atom. The lowest BCUT2D eigenvalue weighted by molar-refractivity contribution is 0.351. The molecule has 3 nitrogen and oxygen atoms in total. The van der Waals surface area contributed by atoms with Crippen molar-refractivity contribution >= 4 is 23.4 Å². The molecule has 1 fully saturated rings. The van der Waals surface area contributed by atoms with Gasteiger partial charge in [-0.15, -0.1) is 0 Å². The van der Waals surface area contributed by atoms with Crippen molar-refractivity contribution in [1.29, 1.82) is 0 Å². The summed E-state index contributed by atoms with van der Waals surface area (Å²) < 4.78 is 0. The zero-order chi connectivity index (χ0) is 15.4. The molecule has 0 spiro atoms. The van der Waals surface area contributed by atoms with Gasteiger partial charge in [-0.1, -0.05) is 41.9 Å². The van der Waals surface area contributed by atoms with Crippen LogP contribution in [-0.4, -0.2) is 36.2 Å². The number of piperazine rings is 1.